The minimum absolute atomic E-state index is 0.226. The SMILES string of the molecule is O=C(Nc1ccc(SCc2ccccc2Cl)nn1)c1ccco1. The van der Waals surface area contributed by atoms with Crippen LogP contribution in [0.1, 0.15) is 16.1 Å². The van der Waals surface area contributed by atoms with E-state index in [0.717, 1.165) is 15.6 Å². The van der Waals surface area contributed by atoms with Crippen LogP contribution >= 0.6 is 23.4 Å². The molecule has 2 heterocycles. The number of rotatable bonds is 5. The van der Waals surface area contributed by atoms with Gasteiger partial charge < -0.3 is 9.73 Å². The summed E-state index contributed by atoms with van der Waals surface area (Å²) in [5, 5.41) is 12.2. The maximum absolute atomic E-state index is 11.8. The molecule has 23 heavy (non-hydrogen) atoms. The maximum atomic E-state index is 11.8. The first-order valence-corrected chi connectivity index (χ1v) is 8.13. The highest BCUT2D eigenvalue weighted by Crippen LogP contribution is 2.25. The molecular weight excluding hydrogens is 334 g/mol. The lowest BCUT2D eigenvalue weighted by atomic mass is 10.2. The number of hydrogen-bond acceptors (Lipinski definition) is 5. The maximum Gasteiger partial charge on any atom is 0.292 e. The van der Waals surface area contributed by atoms with Crippen molar-refractivity contribution >= 4 is 35.1 Å². The lowest BCUT2D eigenvalue weighted by Crippen LogP contribution is -2.12. The van der Waals surface area contributed by atoms with Crippen LogP contribution in [0.4, 0.5) is 5.82 Å². The minimum Gasteiger partial charge on any atom is -0.459 e. The van der Waals surface area contributed by atoms with Crippen LogP contribution in [0.3, 0.4) is 0 Å². The van der Waals surface area contributed by atoms with Crippen LogP contribution in [0, 0.1) is 0 Å². The van der Waals surface area contributed by atoms with Gasteiger partial charge in [-0.25, -0.2) is 0 Å². The van der Waals surface area contributed by atoms with Crippen molar-refractivity contribution in [1.82, 2.24) is 10.2 Å². The first-order valence-electron chi connectivity index (χ1n) is 6.77. The third-order valence-corrected chi connectivity index (χ3v) is 4.30. The third kappa shape index (κ3) is 4.12. The molecule has 2 aromatic heterocycles. The molecule has 5 nitrogen and oxygen atoms in total. The van der Waals surface area contributed by atoms with Crippen LogP contribution < -0.4 is 5.32 Å². The van der Waals surface area contributed by atoms with Gasteiger partial charge in [0, 0.05) is 10.8 Å². The molecule has 1 N–H and O–H groups in total. The molecule has 7 heteroatoms. The number of hydrogen-bond donors (Lipinski definition) is 1. The summed E-state index contributed by atoms with van der Waals surface area (Å²) in [6, 6.07) is 14.4. The molecule has 0 unspecified atom stereocenters. The van der Waals surface area contributed by atoms with Crippen molar-refractivity contribution in [1.29, 1.82) is 0 Å². The lowest BCUT2D eigenvalue weighted by Gasteiger charge is -2.04. The number of nitrogens with zero attached hydrogens (tertiary/aromatic N) is 2. The van der Waals surface area contributed by atoms with Gasteiger partial charge in [0.25, 0.3) is 5.91 Å². The Morgan fingerprint density at radius 1 is 1.13 bits per heavy atom. The molecule has 1 amide bonds. The second kappa shape index (κ2) is 7.30. The van der Waals surface area contributed by atoms with Gasteiger partial charge in [0.2, 0.25) is 0 Å². The van der Waals surface area contributed by atoms with Gasteiger partial charge in [0.05, 0.1) is 6.26 Å². The molecule has 0 aliphatic carbocycles. The van der Waals surface area contributed by atoms with E-state index in [-0.39, 0.29) is 11.7 Å². The topological polar surface area (TPSA) is 68.0 Å². The number of carbonyl (C=O) groups is 1. The highest BCUT2D eigenvalue weighted by Gasteiger charge is 2.10. The van der Waals surface area contributed by atoms with Gasteiger partial charge in [-0.05, 0) is 35.9 Å². The predicted octanol–water partition coefficient (Wildman–Crippen LogP) is 4.27. The molecular formula is C16H12ClN3O2S. The highest BCUT2D eigenvalue weighted by molar-refractivity contribution is 7.98. The number of anilines is 1. The summed E-state index contributed by atoms with van der Waals surface area (Å²) >= 11 is 7.64. The fourth-order valence-corrected chi connectivity index (χ4v) is 2.92. The Hall–Kier alpha value is -2.31. The van der Waals surface area contributed by atoms with E-state index in [2.05, 4.69) is 15.5 Å². The summed E-state index contributed by atoms with van der Waals surface area (Å²) < 4.78 is 5.01. The van der Waals surface area contributed by atoms with Crippen molar-refractivity contribution in [3.8, 4) is 0 Å². The van der Waals surface area contributed by atoms with Crippen molar-refractivity contribution in [2.24, 2.45) is 0 Å². The van der Waals surface area contributed by atoms with Crippen molar-refractivity contribution in [3.63, 3.8) is 0 Å². The molecule has 0 aliphatic heterocycles. The van der Waals surface area contributed by atoms with E-state index >= 15 is 0 Å². The van der Waals surface area contributed by atoms with Gasteiger partial charge in [-0.2, -0.15) is 0 Å². The second-order valence-electron chi connectivity index (χ2n) is 4.57. The standard InChI is InChI=1S/C16H12ClN3O2S/c17-12-5-2-1-4-11(12)10-23-15-8-7-14(19-20-15)18-16(21)13-6-3-9-22-13/h1-9H,10H2,(H,18,19,21). The molecule has 0 saturated carbocycles. The normalized spacial score (nSPS) is 10.5. The summed E-state index contributed by atoms with van der Waals surface area (Å²) in [5.41, 5.74) is 1.04. The Morgan fingerprint density at radius 2 is 2.00 bits per heavy atom. The van der Waals surface area contributed by atoms with E-state index in [0.29, 0.717) is 11.6 Å². The van der Waals surface area contributed by atoms with E-state index in [4.69, 9.17) is 16.0 Å². The zero-order chi connectivity index (χ0) is 16.1. The van der Waals surface area contributed by atoms with E-state index < -0.39 is 0 Å². The summed E-state index contributed by atoms with van der Waals surface area (Å²) in [7, 11) is 0. The van der Waals surface area contributed by atoms with E-state index in [1.54, 1.807) is 24.3 Å². The van der Waals surface area contributed by atoms with E-state index in [1.165, 1.54) is 18.0 Å². The quantitative estimate of drug-likeness (QED) is 0.699. The predicted molar refractivity (Wildman–Crippen MR) is 89.7 cm³/mol. The van der Waals surface area contributed by atoms with Crippen LogP contribution in [0.5, 0.6) is 0 Å². The van der Waals surface area contributed by atoms with Crippen LogP contribution in [-0.2, 0) is 5.75 Å². The average molecular weight is 346 g/mol. The molecule has 0 fully saturated rings. The zero-order valence-electron chi connectivity index (χ0n) is 11.9. The molecule has 3 rings (SSSR count). The summed E-state index contributed by atoms with van der Waals surface area (Å²) in [6.07, 6.45) is 1.44. The number of thioether (sulfide) groups is 1. The van der Waals surface area contributed by atoms with Crippen molar-refractivity contribution < 1.29 is 9.21 Å². The molecule has 1 aromatic carbocycles. The molecule has 116 valence electrons. The summed E-state index contributed by atoms with van der Waals surface area (Å²) in [6.45, 7) is 0. The minimum atomic E-state index is -0.360. The molecule has 0 bridgehead atoms. The molecule has 0 spiro atoms. The molecule has 0 aliphatic rings. The number of amides is 1. The smallest absolute Gasteiger partial charge is 0.292 e. The summed E-state index contributed by atoms with van der Waals surface area (Å²) in [5.74, 6) is 0.935. The first kappa shape index (κ1) is 15.6. The van der Waals surface area contributed by atoms with E-state index in [9.17, 15) is 4.79 Å². The third-order valence-electron chi connectivity index (χ3n) is 2.96. The monoisotopic (exact) mass is 345 g/mol. The van der Waals surface area contributed by atoms with Crippen LogP contribution in [0.15, 0.2) is 64.2 Å². The van der Waals surface area contributed by atoms with Crippen LogP contribution in [0.2, 0.25) is 5.02 Å². The Labute approximate surface area is 142 Å². The fourth-order valence-electron chi connectivity index (χ4n) is 1.82. The average Bonchev–Trinajstić information content (AvgIpc) is 3.10. The van der Waals surface area contributed by atoms with Gasteiger partial charge in [-0.1, -0.05) is 41.6 Å². The molecule has 0 radical (unpaired) electrons. The molecule has 0 atom stereocenters. The zero-order valence-corrected chi connectivity index (χ0v) is 13.5. The second-order valence-corrected chi connectivity index (χ2v) is 5.97. The van der Waals surface area contributed by atoms with Crippen molar-refractivity contribution in [2.75, 3.05) is 5.32 Å². The lowest BCUT2D eigenvalue weighted by molar-refractivity contribution is 0.0996. The number of aromatic nitrogens is 2. The first-order chi connectivity index (χ1) is 11.2. The number of halogens is 1. The van der Waals surface area contributed by atoms with Crippen molar-refractivity contribution in [2.45, 2.75) is 10.8 Å². The Kier molecular flexibility index (Phi) is 4.95. The highest BCUT2D eigenvalue weighted by atomic mass is 35.5. The van der Waals surface area contributed by atoms with Gasteiger partial charge >= 0.3 is 0 Å². The number of furan rings is 1. The van der Waals surface area contributed by atoms with Crippen molar-refractivity contribution in [3.05, 3.63) is 71.1 Å². The largest absolute Gasteiger partial charge is 0.459 e. The van der Waals surface area contributed by atoms with Gasteiger partial charge in [-0.15, -0.1) is 10.2 Å². The summed E-state index contributed by atoms with van der Waals surface area (Å²) in [4.78, 5) is 11.8. The Bertz CT molecular complexity index is 791. The van der Waals surface area contributed by atoms with Gasteiger partial charge in [0.15, 0.2) is 11.6 Å². The Balaban J connectivity index is 1.59. The molecule has 0 saturated heterocycles. The molecule has 3 aromatic rings. The Morgan fingerprint density at radius 3 is 2.70 bits per heavy atom. The van der Waals surface area contributed by atoms with Gasteiger partial charge in [0.1, 0.15) is 5.03 Å². The van der Waals surface area contributed by atoms with Gasteiger partial charge in [-0.3, -0.25) is 4.79 Å². The fraction of sp³-hybridized carbons (Fsp3) is 0.0625. The number of carbonyl (C=O) groups excluding carboxylic acids is 1. The van der Waals surface area contributed by atoms with E-state index in [1.807, 2.05) is 24.3 Å². The number of nitrogens with one attached hydrogen (secondary N) is 1. The van der Waals surface area contributed by atoms with Crippen LogP contribution in [-0.4, -0.2) is 16.1 Å². The van der Waals surface area contributed by atoms with Crippen LogP contribution in [0.25, 0.3) is 0 Å². The number of benzene rings is 1.